The Morgan fingerprint density at radius 3 is 2.63 bits per heavy atom. The van der Waals surface area contributed by atoms with Crippen molar-refractivity contribution in [2.24, 2.45) is 34.3 Å². The number of anilines is 1. The van der Waals surface area contributed by atoms with Crippen molar-refractivity contribution in [3.8, 4) is 11.5 Å². The minimum absolute atomic E-state index is 0.00344. The average molecular weight is 716 g/mol. The fourth-order valence-electron chi connectivity index (χ4n) is 9.39. The Labute approximate surface area is 301 Å². The van der Waals surface area contributed by atoms with Crippen molar-refractivity contribution in [3.05, 3.63) is 29.3 Å². The van der Waals surface area contributed by atoms with Gasteiger partial charge in [0.05, 0.1) is 44.8 Å². The van der Waals surface area contributed by atoms with Crippen LogP contribution in [0.3, 0.4) is 0 Å². The molecule has 1 aromatic rings. The third-order valence-electron chi connectivity index (χ3n) is 12.0. The van der Waals surface area contributed by atoms with Crippen molar-refractivity contribution in [3.63, 3.8) is 0 Å². The third kappa shape index (κ3) is 8.88. The molecule has 284 valence electrons. The molecule has 5 rings (SSSR count). The predicted octanol–water partition coefficient (Wildman–Crippen LogP) is 3.55. The zero-order chi connectivity index (χ0) is 36.6. The summed E-state index contributed by atoms with van der Waals surface area (Å²) >= 11 is 0. The number of ether oxygens (including phenoxy) is 6. The summed E-state index contributed by atoms with van der Waals surface area (Å²) in [6, 6.07) is 2.93. The summed E-state index contributed by atoms with van der Waals surface area (Å²) in [6.45, 7) is 6.58. The number of primary amides is 1. The van der Waals surface area contributed by atoms with Gasteiger partial charge in [-0.25, -0.2) is 0 Å². The van der Waals surface area contributed by atoms with Gasteiger partial charge in [0.25, 0.3) is 12.2 Å². The summed E-state index contributed by atoms with van der Waals surface area (Å²) < 4.78 is 33.6. The molecular weight excluding hydrogens is 658 g/mol. The monoisotopic (exact) mass is 715 g/mol. The highest BCUT2D eigenvalue weighted by Gasteiger charge is 2.59. The van der Waals surface area contributed by atoms with Crippen molar-refractivity contribution in [2.45, 2.75) is 90.1 Å². The lowest BCUT2D eigenvalue weighted by atomic mass is 9.48. The van der Waals surface area contributed by atoms with Gasteiger partial charge < -0.3 is 50.3 Å². The lowest BCUT2D eigenvalue weighted by molar-refractivity contribution is -0.139. The number of rotatable bonds is 19. The molecule has 4 aliphatic rings. The van der Waals surface area contributed by atoms with Gasteiger partial charge >= 0.3 is 0 Å². The topological polar surface area (TPSA) is 191 Å². The number of fused-ring (bicyclic) bond motifs is 5. The van der Waals surface area contributed by atoms with Gasteiger partial charge in [0.2, 0.25) is 5.91 Å². The number of aldehydes is 1. The number of nitrogens with two attached hydrogens (primary N) is 2. The van der Waals surface area contributed by atoms with Crippen LogP contribution in [0.15, 0.2) is 23.8 Å². The summed E-state index contributed by atoms with van der Waals surface area (Å²) in [5, 5.41) is 13.0. The van der Waals surface area contributed by atoms with Crippen LogP contribution in [0.5, 0.6) is 11.5 Å². The van der Waals surface area contributed by atoms with Gasteiger partial charge in [-0.3, -0.25) is 14.4 Å². The fourth-order valence-corrected chi connectivity index (χ4v) is 9.39. The number of hydrogen-bond donors (Lipinski definition) is 4. The molecule has 6 N–H and O–H groups in total. The van der Waals surface area contributed by atoms with E-state index in [9.17, 15) is 19.5 Å². The van der Waals surface area contributed by atoms with E-state index < -0.39 is 12.2 Å². The van der Waals surface area contributed by atoms with Crippen LogP contribution in [0, 0.1) is 28.6 Å². The maximum atomic E-state index is 12.2. The van der Waals surface area contributed by atoms with E-state index in [1.54, 1.807) is 0 Å². The molecule has 4 aliphatic carbocycles. The van der Waals surface area contributed by atoms with Gasteiger partial charge in [-0.2, -0.15) is 0 Å². The lowest BCUT2D eigenvalue weighted by Gasteiger charge is -2.57. The Kier molecular flexibility index (Phi) is 13.4. The van der Waals surface area contributed by atoms with Crippen LogP contribution in [0.4, 0.5) is 5.69 Å². The van der Waals surface area contributed by atoms with Crippen molar-refractivity contribution in [1.82, 2.24) is 5.32 Å². The number of hydrogen-bond acceptors (Lipinski definition) is 11. The van der Waals surface area contributed by atoms with Crippen LogP contribution in [-0.2, 0) is 28.5 Å². The molecule has 3 fully saturated rings. The van der Waals surface area contributed by atoms with Crippen LogP contribution in [-0.4, -0.2) is 95.0 Å². The molecule has 0 saturated heterocycles. The molecule has 8 atom stereocenters. The zero-order valence-electron chi connectivity index (χ0n) is 30.4. The Morgan fingerprint density at radius 2 is 1.86 bits per heavy atom. The Bertz CT molecular complexity index is 1410. The van der Waals surface area contributed by atoms with E-state index in [0.29, 0.717) is 31.3 Å². The highest BCUT2D eigenvalue weighted by molar-refractivity contribution is 6.00. The average Bonchev–Trinajstić information content (AvgIpc) is 3.45. The van der Waals surface area contributed by atoms with Gasteiger partial charge in [0.15, 0.2) is 12.0 Å². The summed E-state index contributed by atoms with van der Waals surface area (Å²) in [5.41, 5.74) is 13.3. The van der Waals surface area contributed by atoms with E-state index in [2.05, 4.69) is 25.2 Å². The number of allylic oxidation sites excluding steroid dienone is 1. The predicted molar refractivity (Wildman–Crippen MR) is 189 cm³/mol. The number of nitrogen functional groups attached to an aromatic ring is 1. The Hall–Kier alpha value is -3.23. The van der Waals surface area contributed by atoms with Crippen molar-refractivity contribution in [1.29, 1.82) is 0 Å². The molecular formula is C38H57N3O10. The number of methoxy groups -OCH3 is 1. The molecule has 4 unspecified atom stereocenters. The second-order valence-electron chi connectivity index (χ2n) is 14.9. The van der Waals surface area contributed by atoms with Crippen molar-refractivity contribution in [2.75, 3.05) is 59.0 Å². The molecule has 2 amide bonds. The van der Waals surface area contributed by atoms with Crippen LogP contribution in [0.25, 0.3) is 0 Å². The maximum Gasteiger partial charge on any atom is 0.257 e. The number of nitrogens with one attached hydrogen (secondary N) is 1. The van der Waals surface area contributed by atoms with Gasteiger partial charge in [-0.1, -0.05) is 25.5 Å². The minimum atomic E-state index is -1.36. The summed E-state index contributed by atoms with van der Waals surface area (Å²) in [5.74, 6) is 1.09. The second-order valence-corrected chi connectivity index (χ2v) is 14.9. The summed E-state index contributed by atoms with van der Waals surface area (Å²) in [4.78, 5) is 35.6. The first kappa shape index (κ1) is 39.0. The Morgan fingerprint density at radius 1 is 1.04 bits per heavy atom. The van der Waals surface area contributed by atoms with Gasteiger partial charge in [0, 0.05) is 19.8 Å². The van der Waals surface area contributed by atoms with Gasteiger partial charge in [0.1, 0.15) is 17.9 Å². The second kappa shape index (κ2) is 17.5. The molecule has 51 heavy (non-hydrogen) atoms. The fraction of sp³-hybridized carbons (Fsp3) is 0.711. The van der Waals surface area contributed by atoms with Crippen LogP contribution in [0.2, 0.25) is 0 Å². The standard InChI is InChI=1S/C38H57N3O10/c1-37-13-11-25(43)21-24(37)5-6-26-27-7-10-31(38(27,2)14-12-28(26)37)49-17-4-16-48-23-32(44)41-15-18-47-19-20-50-33(22-42)51-35-29(39)8-9-30(46-3)34(35)36(40)45/h5,8-9,22,25-28,31,33,43H,4,6-7,10-21,23,39H2,1-3H3,(H2,40,45)(H,41,44)/t25-,26?,27?,28?,31-,33?,37-,38-/m1/s1. The van der Waals surface area contributed by atoms with Crippen LogP contribution < -0.4 is 26.3 Å². The number of aliphatic hydroxyl groups is 1. The zero-order valence-corrected chi connectivity index (χ0v) is 30.4. The smallest absolute Gasteiger partial charge is 0.257 e. The number of amides is 2. The molecule has 13 heteroatoms. The Balaban J connectivity index is 0.911. The van der Waals surface area contributed by atoms with Crippen molar-refractivity contribution >= 4 is 23.8 Å². The van der Waals surface area contributed by atoms with E-state index in [4.69, 9.17) is 39.9 Å². The molecule has 1 aromatic carbocycles. The third-order valence-corrected chi connectivity index (χ3v) is 12.0. The molecule has 0 aromatic heterocycles. The van der Waals surface area contributed by atoms with E-state index >= 15 is 0 Å². The number of benzene rings is 1. The van der Waals surface area contributed by atoms with Gasteiger partial charge in [-0.15, -0.1) is 0 Å². The van der Waals surface area contributed by atoms with E-state index in [0.717, 1.165) is 44.4 Å². The van der Waals surface area contributed by atoms with E-state index in [-0.39, 0.29) is 84.7 Å². The number of aliphatic hydroxyl groups excluding tert-OH is 1. The largest absolute Gasteiger partial charge is 0.496 e. The number of carbonyl (C=O) groups is 3. The maximum absolute atomic E-state index is 12.2. The molecule has 0 radical (unpaired) electrons. The molecule has 13 nitrogen and oxygen atoms in total. The van der Waals surface area contributed by atoms with Gasteiger partial charge in [-0.05, 0) is 98.5 Å². The van der Waals surface area contributed by atoms with E-state index in [1.807, 2.05) is 0 Å². The van der Waals surface area contributed by atoms with Crippen LogP contribution in [0.1, 0.15) is 82.0 Å². The highest BCUT2D eigenvalue weighted by Crippen LogP contribution is 2.65. The van der Waals surface area contributed by atoms with E-state index in [1.165, 1.54) is 44.1 Å². The first-order chi connectivity index (χ1) is 24.5. The van der Waals surface area contributed by atoms with Crippen LogP contribution >= 0.6 is 0 Å². The molecule has 0 spiro atoms. The lowest BCUT2D eigenvalue weighted by Crippen LogP contribution is -2.51. The molecule has 0 heterocycles. The molecule has 0 bridgehead atoms. The number of carbonyl (C=O) groups excluding carboxylic acids is 3. The van der Waals surface area contributed by atoms with Crippen molar-refractivity contribution < 1.29 is 47.9 Å². The first-order valence-corrected chi connectivity index (χ1v) is 18.4. The minimum Gasteiger partial charge on any atom is -0.496 e. The summed E-state index contributed by atoms with van der Waals surface area (Å²) in [6.07, 6.45) is 11.2. The quantitative estimate of drug-likeness (QED) is 0.0539. The molecule has 3 saturated carbocycles. The SMILES string of the molecule is COc1ccc(N)c(OC(C=O)OCCOCCNC(=O)COCCCO[C@@H]2CCC3C4CC=C5C[C@H](O)CC[C@@]5(C)C4CC[C@]32C)c1C(N)=O. The normalized spacial score (nSPS) is 30.3. The first-order valence-electron chi connectivity index (χ1n) is 18.4. The summed E-state index contributed by atoms with van der Waals surface area (Å²) in [7, 11) is 1.36. The highest BCUT2D eigenvalue weighted by atomic mass is 16.7. The molecule has 0 aliphatic heterocycles.